The van der Waals surface area contributed by atoms with Crippen molar-refractivity contribution in [3.8, 4) is 0 Å². The van der Waals surface area contributed by atoms with Crippen molar-refractivity contribution in [1.29, 1.82) is 0 Å². The first kappa shape index (κ1) is 11.0. The van der Waals surface area contributed by atoms with Gasteiger partial charge >= 0.3 is 5.97 Å². The standard InChI is InChI=1S/C14H18O3/c1-8(2)9-7-14-6-4-3-5-10(14)17-13(16)11(14)12(9)15/h7-8,10-11H,3-6H2,1-2H3. The van der Waals surface area contributed by atoms with Gasteiger partial charge < -0.3 is 4.74 Å². The van der Waals surface area contributed by atoms with Crippen molar-refractivity contribution in [1.82, 2.24) is 0 Å². The summed E-state index contributed by atoms with van der Waals surface area (Å²) >= 11 is 0. The monoisotopic (exact) mass is 234 g/mol. The Bertz CT molecular complexity index is 421. The van der Waals surface area contributed by atoms with E-state index in [9.17, 15) is 9.59 Å². The number of hydrogen-bond acceptors (Lipinski definition) is 3. The number of carbonyl (C=O) groups is 2. The van der Waals surface area contributed by atoms with Gasteiger partial charge in [-0.3, -0.25) is 9.59 Å². The maximum Gasteiger partial charge on any atom is 0.318 e. The van der Waals surface area contributed by atoms with Gasteiger partial charge in [-0.15, -0.1) is 0 Å². The fourth-order valence-corrected chi connectivity index (χ4v) is 3.70. The molecule has 3 nitrogen and oxygen atoms in total. The summed E-state index contributed by atoms with van der Waals surface area (Å²) < 4.78 is 5.42. The van der Waals surface area contributed by atoms with E-state index < -0.39 is 5.92 Å². The highest BCUT2D eigenvalue weighted by molar-refractivity contribution is 6.13. The molecule has 1 aliphatic heterocycles. The third kappa shape index (κ3) is 1.28. The number of hydrogen-bond donors (Lipinski definition) is 0. The van der Waals surface area contributed by atoms with Gasteiger partial charge in [0.15, 0.2) is 5.78 Å². The molecule has 3 unspecified atom stereocenters. The summed E-state index contributed by atoms with van der Waals surface area (Å²) in [5, 5.41) is 0. The molecule has 0 aromatic carbocycles. The van der Waals surface area contributed by atoms with E-state index in [2.05, 4.69) is 6.08 Å². The summed E-state index contributed by atoms with van der Waals surface area (Å²) in [6.07, 6.45) is 6.07. The minimum absolute atomic E-state index is 0.0226. The number of allylic oxidation sites excluding steroid dienone is 1. The zero-order valence-electron chi connectivity index (χ0n) is 10.4. The zero-order chi connectivity index (χ0) is 12.2. The molecule has 0 N–H and O–H groups in total. The van der Waals surface area contributed by atoms with Crippen LogP contribution in [0.2, 0.25) is 0 Å². The lowest BCUT2D eigenvalue weighted by molar-refractivity contribution is -0.146. The molecule has 3 aliphatic rings. The van der Waals surface area contributed by atoms with E-state index >= 15 is 0 Å². The van der Waals surface area contributed by atoms with Gasteiger partial charge in [0.25, 0.3) is 0 Å². The van der Waals surface area contributed by atoms with Gasteiger partial charge in [0, 0.05) is 5.41 Å². The van der Waals surface area contributed by atoms with Crippen molar-refractivity contribution in [3.05, 3.63) is 11.6 Å². The number of ketones is 1. The van der Waals surface area contributed by atoms with Crippen molar-refractivity contribution in [2.45, 2.75) is 45.6 Å². The van der Waals surface area contributed by atoms with E-state index in [0.717, 1.165) is 31.3 Å². The molecule has 3 heteroatoms. The largest absolute Gasteiger partial charge is 0.461 e. The normalized spacial score (nSPS) is 40.1. The Morgan fingerprint density at radius 3 is 2.82 bits per heavy atom. The lowest BCUT2D eigenvalue weighted by atomic mass is 9.68. The molecule has 1 saturated heterocycles. The smallest absolute Gasteiger partial charge is 0.318 e. The van der Waals surface area contributed by atoms with E-state index in [1.807, 2.05) is 13.8 Å². The van der Waals surface area contributed by atoms with E-state index in [4.69, 9.17) is 4.74 Å². The molecule has 0 radical (unpaired) electrons. The predicted octanol–water partition coefficient (Wildman–Crippen LogP) is 2.25. The van der Waals surface area contributed by atoms with Gasteiger partial charge in [0.05, 0.1) is 0 Å². The fraction of sp³-hybridized carbons (Fsp3) is 0.714. The molecule has 2 fully saturated rings. The van der Waals surface area contributed by atoms with Crippen molar-refractivity contribution < 1.29 is 14.3 Å². The summed E-state index contributed by atoms with van der Waals surface area (Å²) in [5.41, 5.74) is 0.560. The Morgan fingerprint density at radius 1 is 1.35 bits per heavy atom. The van der Waals surface area contributed by atoms with Gasteiger partial charge in [-0.1, -0.05) is 26.3 Å². The van der Waals surface area contributed by atoms with Crippen molar-refractivity contribution >= 4 is 11.8 Å². The second-order valence-electron chi connectivity index (χ2n) is 5.84. The van der Waals surface area contributed by atoms with Crippen LogP contribution >= 0.6 is 0 Å². The molecule has 0 aromatic heterocycles. The van der Waals surface area contributed by atoms with Gasteiger partial charge in [-0.2, -0.15) is 0 Å². The Labute approximate surface area is 101 Å². The molecule has 2 aliphatic carbocycles. The molecule has 92 valence electrons. The molecular weight excluding hydrogens is 216 g/mol. The summed E-state index contributed by atoms with van der Waals surface area (Å²) in [7, 11) is 0. The molecule has 3 rings (SSSR count). The minimum Gasteiger partial charge on any atom is -0.461 e. The highest BCUT2D eigenvalue weighted by atomic mass is 16.6. The zero-order valence-corrected chi connectivity index (χ0v) is 10.4. The van der Waals surface area contributed by atoms with Crippen LogP contribution in [0.5, 0.6) is 0 Å². The maximum atomic E-state index is 12.3. The molecule has 0 aromatic rings. The fourth-order valence-electron chi connectivity index (χ4n) is 3.70. The number of ether oxygens (including phenoxy) is 1. The predicted molar refractivity (Wildman–Crippen MR) is 62.2 cm³/mol. The van der Waals surface area contributed by atoms with E-state index in [0.29, 0.717) is 0 Å². The van der Waals surface area contributed by atoms with Gasteiger partial charge in [-0.05, 0) is 30.8 Å². The second-order valence-corrected chi connectivity index (χ2v) is 5.84. The molecule has 0 amide bonds. The van der Waals surface area contributed by atoms with Crippen LogP contribution in [0.1, 0.15) is 39.5 Å². The van der Waals surface area contributed by atoms with Crippen LogP contribution in [-0.4, -0.2) is 17.9 Å². The lowest BCUT2D eigenvalue weighted by Gasteiger charge is -2.34. The van der Waals surface area contributed by atoms with Crippen molar-refractivity contribution in [2.24, 2.45) is 17.3 Å². The van der Waals surface area contributed by atoms with Crippen LogP contribution in [0.4, 0.5) is 0 Å². The Morgan fingerprint density at radius 2 is 2.12 bits per heavy atom. The Kier molecular flexibility index (Phi) is 2.22. The number of rotatable bonds is 1. The minimum atomic E-state index is -0.523. The summed E-state index contributed by atoms with van der Waals surface area (Å²) in [6.45, 7) is 4.04. The topological polar surface area (TPSA) is 43.4 Å². The van der Waals surface area contributed by atoms with Crippen molar-refractivity contribution in [2.75, 3.05) is 0 Å². The molecule has 1 saturated carbocycles. The molecule has 3 atom stereocenters. The van der Waals surface area contributed by atoms with E-state index in [1.54, 1.807) is 0 Å². The van der Waals surface area contributed by atoms with Crippen LogP contribution in [0.25, 0.3) is 0 Å². The highest BCUT2D eigenvalue weighted by Gasteiger charge is 2.63. The Balaban J connectivity index is 2.08. The van der Waals surface area contributed by atoms with Crippen molar-refractivity contribution in [3.63, 3.8) is 0 Å². The van der Waals surface area contributed by atoms with Crippen LogP contribution < -0.4 is 0 Å². The highest BCUT2D eigenvalue weighted by Crippen LogP contribution is 2.56. The second kappa shape index (κ2) is 3.44. The third-order valence-corrected chi connectivity index (χ3v) is 4.55. The quantitative estimate of drug-likeness (QED) is 0.516. The summed E-state index contributed by atoms with van der Waals surface area (Å²) in [6, 6.07) is 0. The summed E-state index contributed by atoms with van der Waals surface area (Å²) in [5.74, 6) is -0.578. The number of esters is 1. The van der Waals surface area contributed by atoms with E-state index in [-0.39, 0.29) is 29.2 Å². The van der Waals surface area contributed by atoms with Crippen LogP contribution in [0, 0.1) is 17.3 Å². The number of carbonyl (C=O) groups excluding carboxylic acids is 2. The van der Waals surface area contributed by atoms with E-state index in [1.165, 1.54) is 0 Å². The Hall–Kier alpha value is -1.12. The average Bonchev–Trinajstić information content (AvgIpc) is 2.71. The molecule has 17 heavy (non-hydrogen) atoms. The first-order chi connectivity index (χ1) is 8.06. The lowest BCUT2D eigenvalue weighted by Crippen LogP contribution is -2.37. The third-order valence-electron chi connectivity index (χ3n) is 4.55. The molecular formula is C14H18O3. The van der Waals surface area contributed by atoms with Crippen LogP contribution in [-0.2, 0) is 14.3 Å². The summed E-state index contributed by atoms with van der Waals surface area (Å²) in [4.78, 5) is 24.2. The average molecular weight is 234 g/mol. The molecule has 0 bridgehead atoms. The SMILES string of the molecule is CC(C)C1=CC23CCCCC2OC(=O)C3C1=O. The molecule has 1 spiro atoms. The number of Topliss-reactive ketones (excluding diaryl/α,β-unsaturated/α-hetero) is 1. The van der Waals surface area contributed by atoms with Gasteiger partial charge in [0.1, 0.15) is 12.0 Å². The maximum absolute atomic E-state index is 12.3. The van der Waals surface area contributed by atoms with Crippen LogP contribution in [0.3, 0.4) is 0 Å². The van der Waals surface area contributed by atoms with Crippen LogP contribution in [0.15, 0.2) is 11.6 Å². The van der Waals surface area contributed by atoms with Gasteiger partial charge in [-0.25, -0.2) is 0 Å². The molecule has 1 heterocycles. The van der Waals surface area contributed by atoms with Gasteiger partial charge in [0.2, 0.25) is 0 Å². The first-order valence-corrected chi connectivity index (χ1v) is 6.54. The first-order valence-electron chi connectivity index (χ1n) is 6.54.